The molecule has 0 bridgehead atoms. The summed E-state index contributed by atoms with van der Waals surface area (Å²) in [5.41, 5.74) is 10.2. The largest absolute Gasteiger partial charge is 0.382 e. The Morgan fingerprint density at radius 2 is 1.92 bits per heavy atom. The van der Waals surface area contributed by atoms with E-state index >= 15 is 0 Å². The van der Waals surface area contributed by atoms with E-state index in [-0.39, 0.29) is 0 Å². The van der Waals surface area contributed by atoms with E-state index in [4.69, 9.17) is 5.73 Å². The van der Waals surface area contributed by atoms with Gasteiger partial charge in [-0.1, -0.05) is 30.3 Å². The normalized spacial score (nSPS) is 15.1. The summed E-state index contributed by atoms with van der Waals surface area (Å²) >= 11 is 0. The number of hydrogen-bond donors (Lipinski definition) is 3. The first kappa shape index (κ1) is 16.6. The molecular weight excluding hydrogens is 324 g/mol. The topological polar surface area (TPSA) is 80.8 Å². The smallest absolute Gasteiger partial charge is 0.146 e. The summed E-state index contributed by atoms with van der Waals surface area (Å²) < 4.78 is 2.09. The van der Waals surface area contributed by atoms with Crippen molar-refractivity contribution in [2.45, 2.75) is 25.4 Å². The Balaban J connectivity index is 1.51. The molecule has 1 saturated heterocycles. The maximum Gasteiger partial charge on any atom is 0.146 e. The van der Waals surface area contributed by atoms with Gasteiger partial charge in [0.25, 0.3) is 0 Å². The summed E-state index contributed by atoms with van der Waals surface area (Å²) in [7, 11) is 0. The predicted octanol–water partition coefficient (Wildman–Crippen LogP) is 3.06. The van der Waals surface area contributed by atoms with E-state index < -0.39 is 0 Å². The molecule has 1 aliphatic rings. The van der Waals surface area contributed by atoms with Gasteiger partial charge in [0, 0.05) is 30.1 Å². The summed E-state index contributed by atoms with van der Waals surface area (Å²) in [5, 5.41) is 11.3. The molecule has 0 amide bonds. The summed E-state index contributed by atoms with van der Waals surface area (Å²) in [6, 6.07) is 12.8. The highest BCUT2D eigenvalue weighted by Gasteiger charge is 2.16. The Labute approximate surface area is 153 Å². The molecule has 1 fully saturated rings. The second-order valence-electron chi connectivity index (χ2n) is 6.69. The van der Waals surface area contributed by atoms with Crippen molar-refractivity contribution in [1.82, 2.24) is 20.1 Å². The fraction of sp³-hybridized carbons (Fsp3) is 0.300. The molecule has 134 valence electrons. The molecule has 3 heterocycles. The molecule has 1 aliphatic heterocycles. The van der Waals surface area contributed by atoms with Crippen LogP contribution in [0.4, 0.5) is 11.5 Å². The van der Waals surface area contributed by atoms with Gasteiger partial charge >= 0.3 is 0 Å². The van der Waals surface area contributed by atoms with E-state index in [1.807, 2.05) is 30.6 Å². The number of aromatic nitrogens is 3. The van der Waals surface area contributed by atoms with E-state index in [1.54, 1.807) is 0 Å². The van der Waals surface area contributed by atoms with Crippen LogP contribution in [0.1, 0.15) is 24.4 Å². The number of nitrogens with one attached hydrogen (secondary N) is 2. The van der Waals surface area contributed by atoms with Crippen molar-refractivity contribution in [2.24, 2.45) is 0 Å². The van der Waals surface area contributed by atoms with Gasteiger partial charge < -0.3 is 16.4 Å². The molecule has 0 saturated carbocycles. The monoisotopic (exact) mass is 348 g/mol. The van der Waals surface area contributed by atoms with Gasteiger partial charge in [-0.25, -0.2) is 4.98 Å². The van der Waals surface area contributed by atoms with E-state index in [0.29, 0.717) is 18.4 Å². The second kappa shape index (κ2) is 7.58. The number of rotatable bonds is 5. The van der Waals surface area contributed by atoms with Gasteiger partial charge in [0.1, 0.15) is 5.82 Å². The van der Waals surface area contributed by atoms with E-state index in [9.17, 15) is 0 Å². The lowest BCUT2D eigenvalue weighted by Crippen LogP contribution is -2.29. The predicted molar refractivity (Wildman–Crippen MR) is 105 cm³/mol. The number of nitrogens with zero attached hydrogens (tertiary/aromatic N) is 3. The van der Waals surface area contributed by atoms with Crippen molar-refractivity contribution in [1.29, 1.82) is 0 Å². The Hall–Kier alpha value is -2.86. The van der Waals surface area contributed by atoms with Crippen LogP contribution in [-0.4, -0.2) is 27.9 Å². The SMILES string of the molecule is Nc1ncc(-c2cnn(C3CCNCC3)c2)cc1NCc1ccccc1. The van der Waals surface area contributed by atoms with Gasteiger partial charge in [0.2, 0.25) is 0 Å². The van der Waals surface area contributed by atoms with Crippen LogP contribution in [0.3, 0.4) is 0 Å². The van der Waals surface area contributed by atoms with Crippen molar-refractivity contribution in [2.75, 3.05) is 24.1 Å². The second-order valence-corrected chi connectivity index (χ2v) is 6.69. The first-order valence-electron chi connectivity index (χ1n) is 9.08. The number of anilines is 2. The van der Waals surface area contributed by atoms with Gasteiger partial charge in [0.05, 0.1) is 17.9 Å². The van der Waals surface area contributed by atoms with Gasteiger partial charge in [-0.05, 0) is 37.6 Å². The molecule has 0 radical (unpaired) electrons. The van der Waals surface area contributed by atoms with Crippen LogP contribution in [0.15, 0.2) is 55.0 Å². The molecule has 0 spiro atoms. The quantitative estimate of drug-likeness (QED) is 0.660. The van der Waals surface area contributed by atoms with Crippen LogP contribution in [0, 0.1) is 0 Å². The van der Waals surface area contributed by atoms with Crippen molar-refractivity contribution < 1.29 is 0 Å². The molecule has 1 aromatic carbocycles. The molecule has 4 rings (SSSR count). The average molecular weight is 348 g/mol. The highest BCUT2D eigenvalue weighted by Crippen LogP contribution is 2.27. The van der Waals surface area contributed by atoms with E-state index in [2.05, 4.69) is 49.8 Å². The third-order valence-corrected chi connectivity index (χ3v) is 4.86. The Morgan fingerprint density at radius 1 is 1.12 bits per heavy atom. The number of nitrogens with two attached hydrogens (primary N) is 1. The van der Waals surface area contributed by atoms with E-state index in [1.165, 1.54) is 5.56 Å². The van der Waals surface area contributed by atoms with Crippen LogP contribution < -0.4 is 16.4 Å². The first-order chi connectivity index (χ1) is 12.8. The zero-order chi connectivity index (χ0) is 17.8. The summed E-state index contributed by atoms with van der Waals surface area (Å²) in [4.78, 5) is 4.36. The zero-order valence-corrected chi connectivity index (χ0v) is 14.7. The van der Waals surface area contributed by atoms with Gasteiger partial charge in [-0.3, -0.25) is 4.68 Å². The minimum atomic E-state index is 0.474. The van der Waals surface area contributed by atoms with Crippen LogP contribution in [-0.2, 0) is 6.54 Å². The number of hydrogen-bond acceptors (Lipinski definition) is 5. The summed E-state index contributed by atoms with van der Waals surface area (Å²) in [6.45, 7) is 2.82. The molecule has 0 aliphatic carbocycles. The highest BCUT2D eigenvalue weighted by atomic mass is 15.3. The molecule has 2 aromatic heterocycles. The third-order valence-electron chi connectivity index (χ3n) is 4.86. The fourth-order valence-electron chi connectivity index (χ4n) is 3.33. The molecule has 26 heavy (non-hydrogen) atoms. The summed E-state index contributed by atoms with van der Waals surface area (Å²) in [5.74, 6) is 0.510. The van der Waals surface area contributed by atoms with Crippen molar-refractivity contribution >= 4 is 11.5 Å². The van der Waals surface area contributed by atoms with Gasteiger partial charge in [-0.2, -0.15) is 5.10 Å². The average Bonchev–Trinajstić information content (AvgIpc) is 3.19. The number of nitrogen functional groups attached to an aromatic ring is 1. The number of benzene rings is 1. The summed E-state index contributed by atoms with van der Waals surface area (Å²) in [6.07, 6.45) is 8.07. The van der Waals surface area contributed by atoms with Gasteiger partial charge in [-0.15, -0.1) is 0 Å². The molecule has 6 heteroatoms. The molecule has 0 unspecified atom stereocenters. The number of piperidine rings is 1. The Bertz CT molecular complexity index is 852. The molecule has 0 atom stereocenters. The fourth-order valence-corrected chi connectivity index (χ4v) is 3.33. The molecular formula is C20H24N6. The molecule has 4 N–H and O–H groups in total. The molecule has 6 nitrogen and oxygen atoms in total. The minimum absolute atomic E-state index is 0.474. The van der Waals surface area contributed by atoms with Crippen molar-refractivity contribution in [3.8, 4) is 11.1 Å². The Kier molecular flexibility index (Phi) is 4.84. The van der Waals surface area contributed by atoms with Crippen LogP contribution in [0.2, 0.25) is 0 Å². The van der Waals surface area contributed by atoms with Crippen LogP contribution >= 0.6 is 0 Å². The highest BCUT2D eigenvalue weighted by molar-refractivity contribution is 5.72. The lowest BCUT2D eigenvalue weighted by atomic mass is 10.1. The van der Waals surface area contributed by atoms with Crippen LogP contribution in [0.5, 0.6) is 0 Å². The lowest BCUT2D eigenvalue weighted by molar-refractivity contribution is 0.343. The first-order valence-corrected chi connectivity index (χ1v) is 9.08. The zero-order valence-electron chi connectivity index (χ0n) is 14.7. The minimum Gasteiger partial charge on any atom is -0.382 e. The lowest BCUT2D eigenvalue weighted by Gasteiger charge is -2.22. The third kappa shape index (κ3) is 3.70. The maximum atomic E-state index is 6.05. The van der Waals surface area contributed by atoms with E-state index in [0.717, 1.165) is 42.7 Å². The van der Waals surface area contributed by atoms with Crippen molar-refractivity contribution in [3.05, 3.63) is 60.6 Å². The molecule has 3 aromatic rings. The van der Waals surface area contributed by atoms with Gasteiger partial charge in [0.15, 0.2) is 0 Å². The van der Waals surface area contributed by atoms with Crippen molar-refractivity contribution in [3.63, 3.8) is 0 Å². The van der Waals surface area contributed by atoms with Crippen LogP contribution in [0.25, 0.3) is 11.1 Å². The number of pyridine rings is 1. The standard InChI is InChI=1S/C20H24N6/c21-20-19(23-11-15-4-2-1-3-5-15)10-16(12-24-20)17-13-25-26(14-17)18-6-8-22-9-7-18/h1-5,10,12-14,18,22-23H,6-9,11H2,(H2,21,24). The Morgan fingerprint density at radius 3 is 2.73 bits per heavy atom. The maximum absolute atomic E-state index is 6.05.